The highest BCUT2D eigenvalue weighted by molar-refractivity contribution is 6.37. The largest absolute Gasteiger partial charge is 0.493 e. The number of hydrogen-bond acceptors (Lipinski definition) is 4. The molecule has 0 spiro atoms. The number of para-hydroxylation sites is 1. The van der Waals surface area contributed by atoms with Crippen molar-refractivity contribution in [3.63, 3.8) is 0 Å². The van der Waals surface area contributed by atoms with Crippen LogP contribution in [0.15, 0.2) is 36.4 Å². The van der Waals surface area contributed by atoms with Gasteiger partial charge in [0.15, 0.2) is 23.9 Å². The van der Waals surface area contributed by atoms with Gasteiger partial charge in [-0.1, -0.05) is 35.3 Å². The lowest BCUT2D eigenvalue weighted by atomic mass is 10.2. The Morgan fingerprint density at radius 3 is 2.28 bits per heavy atom. The predicted molar refractivity (Wildman–Crippen MR) is 98.0 cm³/mol. The second kappa shape index (κ2) is 8.83. The van der Waals surface area contributed by atoms with Gasteiger partial charge in [-0.25, -0.2) is 0 Å². The molecule has 5 nitrogen and oxygen atoms in total. The zero-order valence-corrected chi connectivity index (χ0v) is 15.7. The smallest absolute Gasteiger partial charge is 0.260 e. The minimum atomic E-state index is -0.203. The summed E-state index contributed by atoms with van der Waals surface area (Å²) in [5, 5.41) is 0.727. The van der Waals surface area contributed by atoms with E-state index in [0.29, 0.717) is 33.8 Å². The van der Waals surface area contributed by atoms with Crippen molar-refractivity contribution in [3.05, 3.63) is 52.0 Å². The molecule has 0 fully saturated rings. The monoisotopic (exact) mass is 383 g/mol. The summed E-state index contributed by atoms with van der Waals surface area (Å²) in [6.45, 7) is 0.242. The molecule has 0 saturated heterocycles. The average molecular weight is 384 g/mol. The van der Waals surface area contributed by atoms with Crippen LogP contribution < -0.4 is 14.2 Å². The predicted octanol–water partition coefficient (Wildman–Crippen LogP) is 4.05. The van der Waals surface area contributed by atoms with Crippen LogP contribution in [0.2, 0.25) is 10.0 Å². The molecule has 0 aliphatic heterocycles. The molecule has 134 valence electrons. The maximum absolute atomic E-state index is 12.3. The van der Waals surface area contributed by atoms with Crippen LogP contribution in [0.5, 0.6) is 17.2 Å². The number of ether oxygens (including phenoxy) is 3. The van der Waals surface area contributed by atoms with E-state index in [-0.39, 0.29) is 12.5 Å². The van der Waals surface area contributed by atoms with Gasteiger partial charge >= 0.3 is 0 Å². The molecule has 0 unspecified atom stereocenters. The Labute approximate surface area is 157 Å². The summed E-state index contributed by atoms with van der Waals surface area (Å²) in [7, 11) is 4.83. The first-order valence-electron chi connectivity index (χ1n) is 7.48. The van der Waals surface area contributed by atoms with Gasteiger partial charge in [0.25, 0.3) is 5.91 Å². The molecule has 1 amide bonds. The SMILES string of the molecule is COc1ccc(CN(C)C(=O)COc2c(Cl)cccc2Cl)cc1OC. The van der Waals surface area contributed by atoms with Gasteiger partial charge in [0.1, 0.15) is 0 Å². The summed E-state index contributed by atoms with van der Waals surface area (Å²) in [5.41, 5.74) is 0.907. The minimum Gasteiger partial charge on any atom is -0.493 e. The zero-order valence-electron chi connectivity index (χ0n) is 14.2. The van der Waals surface area contributed by atoms with Crippen LogP contribution in [0.3, 0.4) is 0 Å². The van der Waals surface area contributed by atoms with E-state index in [1.165, 1.54) is 0 Å². The first kappa shape index (κ1) is 19.2. The van der Waals surface area contributed by atoms with Gasteiger partial charge in [0.2, 0.25) is 0 Å². The zero-order chi connectivity index (χ0) is 18.4. The number of carbonyl (C=O) groups is 1. The average Bonchev–Trinajstić information content (AvgIpc) is 2.60. The molecule has 2 rings (SSSR count). The Hall–Kier alpha value is -2.11. The molecule has 0 saturated carbocycles. The van der Waals surface area contributed by atoms with Crippen molar-refractivity contribution in [1.82, 2.24) is 4.90 Å². The maximum Gasteiger partial charge on any atom is 0.260 e. The van der Waals surface area contributed by atoms with Crippen LogP contribution in [0, 0.1) is 0 Å². The van der Waals surface area contributed by atoms with Gasteiger partial charge in [-0.05, 0) is 29.8 Å². The Kier molecular flexibility index (Phi) is 6.79. The van der Waals surface area contributed by atoms with Crippen molar-refractivity contribution in [1.29, 1.82) is 0 Å². The maximum atomic E-state index is 12.3. The number of likely N-dealkylation sites (N-methyl/N-ethyl adjacent to an activating group) is 1. The fraction of sp³-hybridized carbons (Fsp3) is 0.278. The number of carbonyl (C=O) groups excluding carboxylic acids is 1. The van der Waals surface area contributed by atoms with Gasteiger partial charge in [-0.3, -0.25) is 4.79 Å². The number of nitrogens with zero attached hydrogens (tertiary/aromatic N) is 1. The quantitative estimate of drug-likeness (QED) is 0.723. The van der Waals surface area contributed by atoms with E-state index in [2.05, 4.69) is 0 Å². The van der Waals surface area contributed by atoms with Crippen LogP contribution in [0.25, 0.3) is 0 Å². The molecular formula is C18H19Cl2NO4. The number of halogens is 2. The molecule has 0 aliphatic carbocycles. The Balaban J connectivity index is 1.98. The summed E-state index contributed by atoms with van der Waals surface area (Å²) in [6.07, 6.45) is 0. The van der Waals surface area contributed by atoms with Crippen molar-refractivity contribution in [2.45, 2.75) is 6.54 Å². The Morgan fingerprint density at radius 1 is 1.04 bits per heavy atom. The molecular weight excluding hydrogens is 365 g/mol. The lowest BCUT2D eigenvalue weighted by molar-refractivity contribution is -0.132. The standard InChI is InChI=1S/C18H19Cl2NO4/c1-21(10-12-7-8-15(23-2)16(9-12)24-3)17(22)11-25-18-13(19)5-4-6-14(18)20/h4-9H,10-11H2,1-3H3. The first-order valence-corrected chi connectivity index (χ1v) is 8.23. The van der Waals surface area contributed by atoms with Gasteiger partial charge in [-0.15, -0.1) is 0 Å². The van der Waals surface area contributed by atoms with Crippen molar-refractivity contribution in [2.75, 3.05) is 27.9 Å². The number of benzene rings is 2. The molecule has 0 radical (unpaired) electrons. The fourth-order valence-corrected chi connectivity index (χ4v) is 2.71. The number of methoxy groups -OCH3 is 2. The molecule has 25 heavy (non-hydrogen) atoms. The Bertz CT molecular complexity index is 732. The highest BCUT2D eigenvalue weighted by Gasteiger charge is 2.14. The van der Waals surface area contributed by atoms with Crippen LogP contribution in [0.1, 0.15) is 5.56 Å². The lowest BCUT2D eigenvalue weighted by Gasteiger charge is -2.19. The van der Waals surface area contributed by atoms with Gasteiger partial charge in [0.05, 0.1) is 24.3 Å². The van der Waals surface area contributed by atoms with Crippen molar-refractivity contribution >= 4 is 29.1 Å². The summed E-state index contributed by atoms with van der Waals surface area (Å²) in [5.74, 6) is 1.35. The number of amides is 1. The van der Waals surface area contributed by atoms with Gasteiger partial charge in [-0.2, -0.15) is 0 Å². The van der Waals surface area contributed by atoms with E-state index < -0.39 is 0 Å². The van der Waals surface area contributed by atoms with E-state index in [1.807, 2.05) is 12.1 Å². The van der Waals surface area contributed by atoms with Crippen molar-refractivity contribution in [2.24, 2.45) is 0 Å². The molecule has 0 bridgehead atoms. The van der Waals surface area contributed by atoms with Crippen molar-refractivity contribution in [3.8, 4) is 17.2 Å². The molecule has 0 N–H and O–H groups in total. The third kappa shape index (κ3) is 4.94. The normalized spacial score (nSPS) is 10.3. The summed E-state index contributed by atoms with van der Waals surface area (Å²) >= 11 is 12.0. The fourth-order valence-electron chi connectivity index (χ4n) is 2.21. The Morgan fingerprint density at radius 2 is 1.68 bits per heavy atom. The van der Waals surface area contributed by atoms with Crippen LogP contribution >= 0.6 is 23.2 Å². The molecule has 0 atom stereocenters. The number of hydrogen-bond donors (Lipinski definition) is 0. The second-order valence-corrected chi connectivity index (χ2v) is 6.09. The number of rotatable bonds is 7. The molecule has 0 aliphatic rings. The van der Waals surface area contributed by atoms with Gasteiger partial charge in [0, 0.05) is 13.6 Å². The van der Waals surface area contributed by atoms with Crippen molar-refractivity contribution < 1.29 is 19.0 Å². The van der Waals surface area contributed by atoms with E-state index in [9.17, 15) is 4.79 Å². The third-order valence-corrected chi connectivity index (χ3v) is 4.15. The summed E-state index contributed by atoms with van der Waals surface area (Å²) < 4.78 is 15.9. The molecule has 2 aromatic rings. The van der Waals surface area contributed by atoms with E-state index >= 15 is 0 Å². The molecule has 0 aromatic heterocycles. The molecule has 7 heteroatoms. The second-order valence-electron chi connectivity index (χ2n) is 5.28. The molecule has 0 heterocycles. The summed E-state index contributed by atoms with van der Waals surface area (Å²) in [6, 6.07) is 10.5. The van der Waals surface area contributed by atoms with Crippen LogP contribution in [0.4, 0.5) is 0 Å². The van der Waals surface area contributed by atoms with E-state index in [1.54, 1.807) is 50.4 Å². The molecule has 2 aromatic carbocycles. The third-order valence-electron chi connectivity index (χ3n) is 3.55. The topological polar surface area (TPSA) is 48.0 Å². The lowest BCUT2D eigenvalue weighted by Crippen LogP contribution is -2.31. The van der Waals surface area contributed by atoms with E-state index in [0.717, 1.165) is 5.56 Å². The first-order chi connectivity index (χ1) is 12.0. The summed E-state index contributed by atoms with van der Waals surface area (Å²) in [4.78, 5) is 13.8. The highest BCUT2D eigenvalue weighted by Crippen LogP contribution is 2.32. The van der Waals surface area contributed by atoms with Crippen LogP contribution in [-0.2, 0) is 11.3 Å². The highest BCUT2D eigenvalue weighted by atomic mass is 35.5. The van der Waals surface area contributed by atoms with E-state index in [4.69, 9.17) is 37.4 Å². The van der Waals surface area contributed by atoms with Crippen LogP contribution in [-0.4, -0.2) is 38.7 Å². The minimum absolute atomic E-state index is 0.159. The van der Waals surface area contributed by atoms with Gasteiger partial charge < -0.3 is 19.1 Å².